The van der Waals surface area contributed by atoms with Gasteiger partial charge in [0, 0.05) is 33.8 Å². The number of ether oxygens (including phenoxy) is 1. The molecule has 0 radical (unpaired) electrons. The average Bonchev–Trinajstić information content (AvgIpc) is 2.94. The van der Waals surface area contributed by atoms with E-state index in [1.54, 1.807) is 14.2 Å². The van der Waals surface area contributed by atoms with Crippen LogP contribution in [0.3, 0.4) is 0 Å². The van der Waals surface area contributed by atoms with E-state index in [0.29, 0.717) is 6.54 Å². The van der Waals surface area contributed by atoms with Gasteiger partial charge in [-0.05, 0) is 19.3 Å². The van der Waals surface area contributed by atoms with Crippen LogP contribution in [0.2, 0.25) is 0 Å². The molecule has 2 N–H and O–H groups in total. The summed E-state index contributed by atoms with van der Waals surface area (Å²) in [6, 6.07) is -0.159. The number of hydrogen-bond acceptors (Lipinski definition) is 4. The van der Waals surface area contributed by atoms with Crippen LogP contribution in [-0.4, -0.2) is 62.7 Å². The van der Waals surface area contributed by atoms with Gasteiger partial charge in [0.2, 0.25) is 11.8 Å². The van der Waals surface area contributed by atoms with Crippen LogP contribution in [-0.2, 0) is 14.3 Å². The molecule has 0 aromatic rings. The molecular formula is C13H23N3O3. The largest absolute Gasteiger partial charge is 0.380 e. The molecule has 2 heterocycles. The van der Waals surface area contributed by atoms with Crippen molar-refractivity contribution in [2.45, 2.75) is 31.4 Å². The minimum atomic E-state index is -0.159. The molecule has 2 aliphatic heterocycles. The fourth-order valence-corrected chi connectivity index (χ4v) is 2.89. The summed E-state index contributed by atoms with van der Waals surface area (Å²) in [4.78, 5) is 25.9. The van der Waals surface area contributed by atoms with Gasteiger partial charge in [0.25, 0.3) is 0 Å². The highest BCUT2D eigenvalue weighted by Crippen LogP contribution is 2.19. The number of likely N-dealkylation sites (tertiary alicyclic amines) is 1. The van der Waals surface area contributed by atoms with Gasteiger partial charge in [-0.25, -0.2) is 0 Å². The van der Waals surface area contributed by atoms with Crippen LogP contribution in [0.4, 0.5) is 0 Å². The van der Waals surface area contributed by atoms with Gasteiger partial charge in [-0.2, -0.15) is 0 Å². The zero-order valence-electron chi connectivity index (χ0n) is 11.6. The quantitative estimate of drug-likeness (QED) is 0.714. The summed E-state index contributed by atoms with van der Waals surface area (Å²) in [5.41, 5.74) is 0. The molecule has 19 heavy (non-hydrogen) atoms. The second-order valence-electron chi connectivity index (χ2n) is 5.29. The standard InChI is InChI=1S/C13H23N3O3/c1-14-12(17)9-4-3-5-16(8-9)13(18)11-6-10(19-2)7-15-11/h9-11,15H,3-8H2,1-2H3,(H,14,17). The highest BCUT2D eigenvalue weighted by molar-refractivity contribution is 5.84. The smallest absolute Gasteiger partial charge is 0.239 e. The normalized spacial score (nSPS) is 31.3. The second kappa shape index (κ2) is 6.34. The summed E-state index contributed by atoms with van der Waals surface area (Å²) < 4.78 is 5.26. The summed E-state index contributed by atoms with van der Waals surface area (Å²) in [5.74, 6) is 0.0714. The monoisotopic (exact) mass is 269 g/mol. The zero-order valence-corrected chi connectivity index (χ0v) is 11.6. The van der Waals surface area contributed by atoms with Crippen LogP contribution < -0.4 is 10.6 Å². The Hall–Kier alpha value is -1.14. The zero-order chi connectivity index (χ0) is 13.8. The van der Waals surface area contributed by atoms with Gasteiger partial charge in [-0.15, -0.1) is 0 Å². The first-order chi connectivity index (χ1) is 9.15. The van der Waals surface area contributed by atoms with Gasteiger partial charge >= 0.3 is 0 Å². The maximum atomic E-state index is 12.4. The van der Waals surface area contributed by atoms with E-state index in [-0.39, 0.29) is 29.9 Å². The molecule has 6 heteroatoms. The van der Waals surface area contributed by atoms with Crippen LogP contribution in [0.5, 0.6) is 0 Å². The van der Waals surface area contributed by atoms with Crippen LogP contribution in [0.1, 0.15) is 19.3 Å². The van der Waals surface area contributed by atoms with Gasteiger partial charge in [-0.1, -0.05) is 0 Å². The van der Waals surface area contributed by atoms with E-state index in [0.717, 1.165) is 32.4 Å². The van der Waals surface area contributed by atoms with Crippen LogP contribution in [0.25, 0.3) is 0 Å². The van der Waals surface area contributed by atoms with Crippen molar-refractivity contribution in [3.63, 3.8) is 0 Å². The number of nitrogens with one attached hydrogen (secondary N) is 2. The molecule has 2 aliphatic rings. The summed E-state index contributed by atoms with van der Waals surface area (Å²) in [5, 5.41) is 5.86. The molecule has 2 amide bonds. The summed E-state index contributed by atoms with van der Waals surface area (Å²) in [7, 11) is 3.31. The molecular weight excluding hydrogens is 246 g/mol. The van der Waals surface area contributed by atoms with E-state index in [9.17, 15) is 9.59 Å². The fourth-order valence-electron chi connectivity index (χ4n) is 2.89. The lowest BCUT2D eigenvalue weighted by Gasteiger charge is -2.33. The molecule has 0 aromatic heterocycles. The first-order valence-corrected chi connectivity index (χ1v) is 6.92. The van der Waals surface area contributed by atoms with Gasteiger partial charge < -0.3 is 20.3 Å². The number of nitrogens with zero attached hydrogens (tertiary/aromatic N) is 1. The van der Waals surface area contributed by atoms with Crippen LogP contribution in [0, 0.1) is 5.92 Å². The summed E-state index contributed by atoms with van der Waals surface area (Å²) >= 11 is 0. The molecule has 108 valence electrons. The molecule has 0 spiro atoms. The molecule has 0 bridgehead atoms. The topological polar surface area (TPSA) is 70.7 Å². The molecule has 2 fully saturated rings. The number of rotatable bonds is 3. The number of methoxy groups -OCH3 is 1. The third kappa shape index (κ3) is 3.25. The Morgan fingerprint density at radius 3 is 2.84 bits per heavy atom. The third-order valence-corrected chi connectivity index (χ3v) is 4.07. The van der Waals surface area contributed by atoms with Crippen molar-refractivity contribution >= 4 is 11.8 Å². The molecule has 2 rings (SSSR count). The molecule has 2 saturated heterocycles. The summed E-state index contributed by atoms with van der Waals surface area (Å²) in [6.07, 6.45) is 2.59. The van der Waals surface area contributed by atoms with Crippen molar-refractivity contribution < 1.29 is 14.3 Å². The molecule has 3 unspecified atom stereocenters. The predicted octanol–water partition coefficient (Wildman–Crippen LogP) is -0.652. The van der Waals surface area contributed by atoms with E-state index in [2.05, 4.69) is 10.6 Å². The third-order valence-electron chi connectivity index (χ3n) is 4.07. The second-order valence-corrected chi connectivity index (χ2v) is 5.29. The molecule has 3 atom stereocenters. The van der Waals surface area contributed by atoms with Crippen molar-refractivity contribution in [2.75, 3.05) is 33.8 Å². The Kier molecular flexibility index (Phi) is 4.76. The lowest BCUT2D eigenvalue weighted by Crippen LogP contribution is -2.50. The minimum Gasteiger partial charge on any atom is -0.380 e. The molecule has 0 saturated carbocycles. The van der Waals surface area contributed by atoms with E-state index < -0.39 is 0 Å². The van der Waals surface area contributed by atoms with Gasteiger partial charge in [0.1, 0.15) is 0 Å². The van der Waals surface area contributed by atoms with E-state index in [1.165, 1.54) is 0 Å². The van der Waals surface area contributed by atoms with E-state index in [1.807, 2.05) is 4.90 Å². The van der Waals surface area contributed by atoms with Gasteiger partial charge in [0.05, 0.1) is 18.1 Å². The Morgan fingerprint density at radius 1 is 1.42 bits per heavy atom. The first-order valence-electron chi connectivity index (χ1n) is 6.92. The van der Waals surface area contributed by atoms with E-state index in [4.69, 9.17) is 4.74 Å². The van der Waals surface area contributed by atoms with Gasteiger partial charge in [0.15, 0.2) is 0 Å². The maximum Gasteiger partial charge on any atom is 0.239 e. The Balaban J connectivity index is 1.90. The number of carbonyl (C=O) groups excluding carboxylic acids is 2. The van der Waals surface area contributed by atoms with Crippen molar-refractivity contribution in [2.24, 2.45) is 5.92 Å². The highest BCUT2D eigenvalue weighted by atomic mass is 16.5. The number of piperidine rings is 1. The average molecular weight is 269 g/mol. The number of carbonyl (C=O) groups is 2. The van der Waals surface area contributed by atoms with E-state index >= 15 is 0 Å². The van der Waals surface area contributed by atoms with Crippen LogP contribution in [0.15, 0.2) is 0 Å². The Morgan fingerprint density at radius 2 is 2.21 bits per heavy atom. The lowest BCUT2D eigenvalue weighted by molar-refractivity contribution is -0.137. The minimum absolute atomic E-state index is 0.0339. The molecule has 6 nitrogen and oxygen atoms in total. The number of amides is 2. The van der Waals surface area contributed by atoms with Crippen LogP contribution >= 0.6 is 0 Å². The summed E-state index contributed by atoms with van der Waals surface area (Å²) in [6.45, 7) is 2.01. The van der Waals surface area contributed by atoms with Crippen molar-refractivity contribution in [3.8, 4) is 0 Å². The first kappa shape index (κ1) is 14.3. The maximum absolute atomic E-state index is 12.4. The van der Waals surface area contributed by atoms with Crippen molar-refractivity contribution in [1.29, 1.82) is 0 Å². The van der Waals surface area contributed by atoms with Crippen molar-refractivity contribution in [1.82, 2.24) is 15.5 Å². The Labute approximate surface area is 113 Å². The lowest BCUT2D eigenvalue weighted by atomic mass is 9.96. The SMILES string of the molecule is CNC(=O)C1CCCN(C(=O)C2CC(OC)CN2)C1. The van der Waals surface area contributed by atoms with Gasteiger partial charge in [-0.3, -0.25) is 9.59 Å². The molecule has 0 aliphatic carbocycles. The predicted molar refractivity (Wildman–Crippen MR) is 70.6 cm³/mol. The number of hydrogen-bond donors (Lipinski definition) is 2. The Bertz CT molecular complexity index is 348. The fraction of sp³-hybridized carbons (Fsp3) is 0.846. The molecule has 0 aromatic carbocycles. The highest BCUT2D eigenvalue weighted by Gasteiger charge is 2.35. The van der Waals surface area contributed by atoms with Crippen molar-refractivity contribution in [3.05, 3.63) is 0 Å².